The van der Waals surface area contributed by atoms with E-state index in [4.69, 9.17) is 34.8 Å². The summed E-state index contributed by atoms with van der Waals surface area (Å²) in [5.74, 6) is -0.452. The molecule has 0 fully saturated rings. The number of hydrogen-bond donors (Lipinski definition) is 0. The molecule has 1 unspecified atom stereocenters. The molecule has 102 valence electrons. The zero-order valence-corrected chi connectivity index (χ0v) is 12.8. The van der Waals surface area contributed by atoms with Crippen molar-refractivity contribution in [3.8, 4) is 0 Å². The van der Waals surface area contributed by atoms with Gasteiger partial charge in [-0.1, -0.05) is 34.8 Å². The van der Waals surface area contributed by atoms with Gasteiger partial charge in [0.25, 0.3) is 0 Å². The average molecular weight is 321 g/mol. The van der Waals surface area contributed by atoms with E-state index in [2.05, 4.69) is 0 Å². The van der Waals surface area contributed by atoms with E-state index in [0.717, 1.165) is 11.3 Å². The largest absolute Gasteiger partial charge is 0.377 e. The van der Waals surface area contributed by atoms with Crippen molar-refractivity contribution in [2.24, 2.45) is 0 Å². The predicted molar refractivity (Wildman–Crippen MR) is 80.8 cm³/mol. The van der Waals surface area contributed by atoms with Gasteiger partial charge in [-0.3, -0.25) is 0 Å². The summed E-state index contributed by atoms with van der Waals surface area (Å²) < 4.78 is 13.5. The molecule has 2 rings (SSSR count). The maximum Gasteiger partial charge on any atom is 0.123 e. The molecule has 0 saturated carbocycles. The van der Waals surface area contributed by atoms with Gasteiger partial charge in [0, 0.05) is 35.8 Å². The van der Waals surface area contributed by atoms with Crippen LogP contribution in [0, 0.1) is 5.82 Å². The molecule has 1 aliphatic rings. The molecule has 1 nitrogen and oxygen atoms in total. The summed E-state index contributed by atoms with van der Waals surface area (Å²) >= 11 is 18.3. The van der Waals surface area contributed by atoms with Crippen LogP contribution in [0.15, 0.2) is 39.4 Å². The van der Waals surface area contributed by atoms with Crippen LogP contribution in [0.3, 0.4) is 0 Å². The molecule has 0 aliphatic heterocycles. The molecule has 19 heavy (non-hydrogen) atoms. The minimum absolute atomic E-state index is 0.162. The molecule has 0 bridgehead atoms. The van der Waals surface area contributed by atoms with Gasteiger partial charge in [0.1, 0.15) is 5.82 Å². The van der Waals surface area contributed by atoms with Gasteiger partial charge >= 0.3 is 0 Å². The van der Waals surface area contributed by atoms with Gasteiger partial charge < -0.3 is 4.90 Å². The van der Waals surface area contributed by atoms with Crippen LogP contribution in [0.25, 0.3) is 0 Å². The monoisotopic (exact) mass is 319 g/mol. The van der Waals surface area contributed by atoms with Crippen LogP contribution in [0.1, 0.15) is 17.9 Å². The quantitative estimate of drug-likeness (QED) is 0.724. The molecular weight excluding hydrogens is 308 g/mol. The van der Waals surface area contributed by atoms with Crippen molar-refractivity contribution in [3.63, 3.8) is 0 Å². The van der Waals surface area contributed by atoms with E-state index < -0.39 is 0 Å². The molecule has 1 aromatic carbocycles. The van der Waals surface area contributed by atoms with E-state index in [1.165, 1.54) is 12.1 Å². The van der Waals surface area contributed by atoms with Crippen LogP contribution in [0.4, 0.5) is 10.1 Å². The third-order valence-electron chi connectivity index (χ3n) is 3.09. The number of benzene rings is 1. The lowest BCUT2D eigenvalue weighted by molar-refractivity contribution is 0.623. The molecule has 5 heteroatoms. The number of rotatable bonds is 2. The maximum absolute atomic E-state index is 13.5. The normalized spacial score (nSPS) is 19.5. The fraction of sp³-hybridized carbons (Fsp3) is 0.286. The van der Waals surface area contributed by atoms with Crippen molar-refractivity contribution in [1.82, 2.24) is 0 Å². The summed E-state index contributed by atoms with van der Waals surface area (Å²) in [6, 6.07) is 4.67. The molecular formula is C14H13Cl3FN. The van der Waals surface area contributed by atoms with Gasteiger partial charge in [-0.05, 0) is 36.3 Å². The second kappa shape index (κ2) is 5.74. The number of allylic oxidation sites excluding steroid dienone is 4. The highest BCUT2D eigenvalue weighted by molar-refractivity contribution is 6.42. The average Bonchev–Trinajstić information content (AvgIpc) is 2.33. The van der Waals surface area contributed by atoms with Gasteiger partial charge in [0.15, 0.2) is 0 Å². The van der Waals surface area contributed by atoms with Gasteiger partial charge in [0.05, 0.1) is 5.03 Å². The standard InChI is InChI=1S/C14H13Cl3FN/c1-19(2)14-4-3-8(18)5-10(14)9-6-12(16)13(17)7-11(9)15/h3-5,7,9H,6H2,1-2H3. The Morgan fingerprint density at radius 1 is 1.21 bits per heavy atom. The lowest BCUT2D eigenvalue weighted by Crippen LogP contribution is -2.15. The first-order chi connectivity index (χ1) is 8.90. The molecule has 0 N–H and O–H groups in total. The summed E-state index contributed by atoms with van der Waals surface area (Å²) in [5.41, 5.74) is 1.73. The van der Waals surface area contributed by atoms with Gasteiger partial charge in [-0.2, -0.15) is 0 Å². The lowest BCUT2D eigenvalue weighted by atomic mass is 9.90. The highest BCUT2D eigenvalue weighted by Gasteiger charge is 2.25. The second-order valence-corrected chi connectivity index (χ2v) is 5.94. The van der Waals surface area contributed by atoms with Crippen molar-refractivity contribution in [3.05, 3.63) is 50.8 Å². The second-order valence-electron chi connectivity index (χ2n) is 4.64. The Morgan fingerprint density at radius 2 is 1.89 bits per heavy atom. The number of nitrogens with zero attached hydrogens (tertiary/aromatic N) is 1. The maximum atomic E-state index is 13.5. The summed E-state index contributed by atoms with van der Waals surface area (Å²) in [7, 11) is 3.81. The van der Waals surface area contributed by atoms with Crippen LogP contribution in [0.2, 0.25) is 0 Å². The highest BCUT2D eigenvalue weighted by Crippen LogP contribution is 2.44. The highest BCUT2D eigenvalue weighted by atomic mass is 35.5. The third-order valence-corrected chi connectivity index (χ3v) is 4.25. The Morgan fingerprint density at radius 3 is 2.53 bits per heavy atom. The van der Waals surface area contributed by atoms with E-state index in [0.29, 0.717) is 21.5 Å². The van der Waals surface area contributed by atoms with Crippen molar-refractivity contribution in [1.29, 1.82) is 0 Å². The molecule has 1 atom stereocenters. The summed E-state index contributed by atoms with van der Waals surface area (Å²) in [6.45, 7) is 0. The van der Waals surface area contributed by atoms with Crippen molar-refractivity contribution >= 4 is 40.5 Å². The van der Waals surface area contributed by atoms with Crippen LogP contribution >= 0.6 is 34.8 Å². The van der Waals surface area contributed by atoms with Crippen molar-refractivity contribution in [2.75, 3.05) is 19.0 Å². The van der Waals surface area contributed by atoms with Gasteiger partial charge in [-0.25, -0.2) is 4.39 Å². The topological polar surface area (TPSA) is 3.24 Å². The number of halogens is 4. The number of anilines is 1. The molecule has 0 aromatic heterocycles. The Bertz CT molecular complexity index is 564. The minimum atomic E-state index is -0.290. The van der Waals surface area contributed by atoms with E-state index in [-0.39, 0.29) is 11.7 Å². The lowest BCUT2D eigenvalue weighted by Gasteiger charge is -2.26. The minimum Gasteiger partial charge on any atom is -0.377 e. The van der Waals surface area contributed by atoms with Crippen LogP contribution in [0.5, 0.6) is 0 Å². The molecule has 0 amide bonds. The Labute approximate surface area is 127 Å². The molecule has 1 aliphatic carbocycles. The predicted octanol–water partition coefficient (Wildman–Crippen LogP) is 5.19. The summed E-state index contributed by atoms with van der Waals surface area (Å²) in [6.07, 6.45) is 2.12. The van der Waals surface area contributed by atoms with Crippen molar-refractivity contribution < 1.29 is 4.39 Å². The number of hydrogen-bond acceptors (Lipinski definition) is 1. The Balaban J connectivity index is 2.49. The van der Waals surface area contributed by atoms with E-state index in [1.54, 1.807) is 12.1 Å². The Hall–Kier alpha value is -0.700. The van der Waals surface area contributed by atoms with Gasteiger partial charge in [0.2, 0.25) is 0 Å². The SMILES string of the molecule is CN(C)c1ccc(F)cc1C1CC(Cl)=C(Cl)C=C1Cl. The molecule has 1 aromatic rings. The molecule has 0 saturated heterocycles. The first-order valence-corrected chi connectivity index (χ1v) is 6.91. The van der Waals surface area contributed by atoms with E-state index in [1.807, 2.05) is 19.0 Å². The fourth-order valence-electron chi connectivity index (χ4n) is 2.14. The van der Waals surface area contributed by atoms with Crippen LogP contribution in [-0.4, -0.2) is 14.1 Å². The summed E-state index contributed by atoms with van der Waals surface area (Å²) in [5, 5.41) is 1.57. The molecule has 0 heterocycles. The van der Waals surface area contributed by atoms with Crippen LogP contribution < -0.4 is 4.90 Å². The van der Waals surface area contributed by atoms with Crippen molar-refractivity contribution in [2.45, 2.75) is 12.3 Å². The fourth-order valence-corrected chi connectivity index (χ4v) is 2.91. The zero-order chi connectivity index (χ0) is 14.2. The van der Waals surface area contributed by atoms with Crippen LogP contribution in [-0.2, 0) is 0 Å². The first-order valence-electron chi connectivity index (χ1n) is 5.78. The first kappa shape index (κ1) is 14.7. The van der Waals surface area contributed by atoms with E-state index >= 15 is 0 Å². The third kappa shape index (κ3) is 3.07. The van der Waals surface area contributed by atoms with Gasteiger partial charge in [-0.15, -0.1) is 0 Å². The smallest absolute Gasteiger partial charge is 0.123 e. The Kier molecular flexibility index (Phi) is 4.44. The molecule has 0 radical (unpaired) electrons. The van der Waals surface area contributed by atoms with E-state index in [9.17, 15) is 4.39 Å². The summed E-state index contributed by atoms with van der Waals surface area (Å²) in [4.78, 5) is 1.92. The molecule has 0 spiro atoms. The zero-order valence-electron chi connectivity index (χ0n) is 10.6.